The fourth-order valence-corrected chi connectivity index (χ4v) is 3.35. The Hall–Kier alpha value is -0.790. The molecule has 1 N–H and O–H groups in total. The number of aliphatic carboxylic acids is 1. The first kappa shape index (κ1) is 11.7. The number of carboxylic acids is 1. The number of allylic oxidation sites excluding steroid dienone is 2. The van der Waals surface area contributed by atoms with Crippen molar-refractivity contribution in [3.8, 4) is 0 Å². The summed E-state index contributed by atoms with van der Waals surface area (Å²) in [5, 5.41) is 7.99. The van der Waals surface area contributed by atoms with Gasteiger partial charge in [0.2, 0.25) is 0 Å². The van der Waals surface area contributed by atoms with Crippen LogP contribution in [0.25, 0.3) is 0 Å². The molecular formula is C14H22O2. The molecule has 2 atom stereocenters. The molecule has 0 amide bonds. The van der Waals surface area contributed by atoms with E-state index in [4.69, 9.17) is 5.11 Å². The Bertz CT molecular complexity index is 315. The maximum absolute atomic E-state index is 9.70. The summed E-state index contributed by atoms with van der Waals surface area (Å²) in [5.41, 5.74) is 3.80. The Morgan fingerprint density at radius 1 is 1.31 bits per heavy atom. The molecule has 3 rings (SSSR count). The van der Waals surface area contributed by atoms with Crippen LogP contribution >= 0.6 is 0 Å². The predicted molar refractivity (Wildman–Crippen MR) is 64.2 cm³/mol. The van der Waals surface area contributed by atoms with E-state index in [0.717, 1.165) is 11.8 Å². The highest BCUT2D eigenvalue weighted by Gasteiger charge is 2.40. The summed E-state index contributed by atoms with van der Waals surface area (Å²) in [6, 6.07) is 0. The van der Waals surface area contributed by atoms with E-state index < -0.39 is 5.97 Å². The second-order valence-electron chi connectivity index (χ2n) is 5.62. The molecule has 2 bridgehead atoms. The maximum atomic E-state index is 9.70. The van der Waals surface area contributed by atoms with Crippen LogP contribution in [0.2, 0.25) is 0 Å². The summed E-state index contributed by atoms with van der Waals surface area (Å²) in [6.07, 6.45) is 9.00. The van der Waals surface area contributed by atoms with Crippen LogP contribution in [0, 0.1) is 17.8 Å². The topological polar surface area (TPSA) is 37.3 Å². The van der Waals surface area contributed by atoms with Crippen LogP contribution in [0.4, 0.5) is 0 Å². The predicted octanol–water partition coefficient (Wildman–Crippen LogP) is 3.62. The van der Waals surface area contributed by atoms with Gasteiger partial charge in [0.1, 0.15) is 0 Å². The summed E-state index contributed by atoms with van der Waals surface area (Å²) in [4.78, 5) is 9.70. The van der Waals surface area contributed by atoms with Gasteiger partial charge in [-0.2, -0.15) is 0 Å². The van der Waals surface area contributed by atoms with E-state index in [1.165, 1.54) is 38.5 Å². The second-order valence-corrected chi connectivity index (χ2v) is 5.62. The van der Waals surface area contributed by atoms with Crippen LogP contribution in [0.1, 0.15) is 52.4 Å². The van der Waals surface area contributed by atoms with E-state index in [2.05, 4.69) is 0 Å². The first-order chi connectivity index (χ1) is 7.59. The zero-order valence-corrected chi connectivity index (χ0v) is 10.3. The monoisotopic (exact) mass is 222 g/mol. The number of rotatable bonds is 1. The third-order valence-corrected chi connectivity index (χ3v) is 4.25. The number of hydrogen-bond acceptors (Lipinski definition) is 1. The molecule has 2 unspecified atom stereocenters. The molecule has 3 aliphatic rings. The Morgan fingerprint density at radius 3 is 2.56 bits per heavy atom. The largest absolute Gasteiger partial charge is 0.481 e. The van der Waals surface area contributed by atoms with Gasteiger partial charge in [-0.25, -0.2) is 0 Å². The lowest BCUT2D eigenvalue weighted by Gasteiger charge is -2.16. The van der Waals surface area contributed by atoms with Gasteiger partial charge in [-0.1, -0.05) is 25.0 Å². The number of carboxylic acid groups (broad SMARTS) is 1. The summed E-state index contributed by atoms with van der Waals surface area (Å²) in [5.74, 6) is 1.23. The average Bonchev–Trinajstić information content (AvgIpc) is 2.92. The second kappa shape index (κ2) is 4.60. The van der Waals surface area contributed by atoms with Gasteiger partial charge in [-0.15, -0.1) is 0 Å². The van der Waals surface area contributed by atoms with Crippen LogP contribution in [0.3, 0.4) is 0 Å². The lowest BCUT2D eigenvalue weighted by Crippen LogP contribution is -2.06. The first-order valence-electron chi connectivity index (χ1n) is 6.53. The molecule has 2 fully saturated rings. The lowest BCUT2D eigenvalue weighted by molar-refractivity contribution is -0.140. The zero-order valence-electron chi connectivity index (χ0n) is 10.3. The Morgan fingerprint density at radius 2 is 2.00 bits per heavy atom. The molecule has 0 radical (unpaired) electrons. The molecule has 0 spiro atoms. The Labute approximate surface area is 97.7 Å². The summed E-state index contributed by atoms with van der Waals surface area (Å²) in [7, 11) is 0. The van der Waals surface area contributed by atoms with E-state index in [9.17, 15) is 4.79 Å². The van der Waals surface area contributed by atoms with Crippen LogP contribution in [0.5, 0.6) is 0 Å². The van der Waals surface area contributed by atoms with E-state index in [-0.39, 0.29) is 5.92 Å². The minimum absolute atomic E-state index is 0.231. The minimum atomic E-state index is -0.741. The van der Waals surface area contributed by atoms with Crippen LogP contribution in [0.15, 0.2) is 11.1 Å². The van der Waals surface area contributed by atoms with Crippen LogP contribution < -0.4 is 0 Å². The molecule has 2 heteroatoms. The van der Waals surface area contributed by atoms with Gasteiger partial charge in [-0.3, -0.25) is 4.79 Å². The minimum Gasteiger partial charge on any atom is -0.481 e. The third-order valence-electron chi connectivity index (χ3n) is 4.25. The van der Waals surface area contributed by atoms with Crippen molar-refractivity contribution in [3.05, 3.63) is 11.1 Å². The van der Waals surface area contributed by atoms with Crippen molar-refractivity contribution in [1.82, 2.24) is 0 Å². The van der Waals surface area contributed by atoms with Gasteiger partial charge >= 0.3 is 5.97 Å². The molecule has 0 saturated heterocycles. The van der Waals surface area contributed by atoms with E-state index in [1.807, 2.05) is 11.1 Å². The highest BCUT2D eigenvalue weighted by atomic mass is 16.4. The van der Waals surface area contributed by atoms with Gasteiger partial charge in [0.25, 0.3) is 0 Å². The van der Waals surface area contributed by atoms with Crippen LogP contribution in [-0.4, -0.2) is 11.1 Å². The molecule has 16 heavy (non-hydrogen) atoms. The SMILES string of the molecule is C1CC2=C3CCC(C3)C2C1.CC(C)C(=O)O. The number of carbonyl (C=O) groups is 1. The third kappa shape index (κ3) is 2.16. The molecular weight excluding hydrogens is 200 g/mol. The zero-order chi connectivity index (χ0) is 11.7. The molecule has 3 aliphatic carbocycles. The van der Waals surface area contributed by atoms with Crippen molar-refractivity contribution < 1.29 is 9.90 Å². The molecule has 90 valence electrons. The van der Waals surface area contributed by atoms with Gasteiger partial charge < -0.3 is 5.11 Å². The van der Waals surface area contributed by atoms with E-state index in [0.29, 0.717) is 0 Å². The fraction of sp³-hybridized carbons (Fsp3) is 0.786. The smallest absolute Gasteiger partial charge is 0.305 e. The van der Waals surface area contributed by atoms with Crippen molar-refractivity contribution in [2.75, 3.05) is 0 Å². The van der Waals surface area contributed by atoms with Gasteiger partial charge in [0.15, 0.2) is 0 Å². The van der Waals surface area contributed by atoms with Gasteiger partial charge in [-0.05, 0) is 50.4 Å². The van der Waals surface area contributed by atoms with Crippen molar-refractivity contribution in [1.29, 1.82) is 0 Å². The fourth-order valence-electron chi connectivity index (χ4n) is 3.35. The Balaban J connectivity index is 0.000000142. The van der Waals surface area contributed by atoms with Gasteiger partial charge in [0.05, 0.1) is 5.92 Å². The summed E-state index contributed by atoms with van der Waals surface area (Å²) < 4.78 is 0. The molecule has 0 heterocycles. The molecule has 0 aromatic rings. The standard InChI is InChI=1S/C10H14.C4H8O2/c1-2-9-7-4-5-8(6-7)10(9)3-1;1-3(2)4(5)6/h7,9H,1-6H2;3H,1-2H3,(H,5,6). The van der Waals surface area contributed by atoms with E-state index in [1.54, 1.807) is 13.8 Å². The number of fused-ring (bicyclic) bond motifs is 4. The molecule has 0 aliphatic heterocycles. The summed E-state index contributed by atoms with van der Waals surface area (Å²) >= 11 is 0. The Kier molecular flexibility index (Phi) is 3.36. The molecule has 2 nitrogen and oxygen atoms in total. The summed E-state index contributed by atoms with van der Waals surface area (Å²) in [6.45, 7) is 3.28. The average molecular weight is 222 g/mol. The highest BCUT2D eigenvalue weighted by molar-refractivity contribution is 5.68. The maximum Gasteiger partial charge on any atom is 0.305 e. The van der Waals surface area contributed by atoms with Crippen molar-refractivity contribution >= 4 is 5.97 Å². The molecule has 0 aromatic carbocycles. The van der Waals surface area contributed by atoms with Crippen molar-refractivity contribution in [3.63, 3.8) is 0 Å². The van der Waals surface area contributed by atoms with Crippen LogP contribution in [-0.2, 0) is 4.79 Å². The first-order valence-corrected chi connectivity index (χ1v) is 6.53. The quantitative estimate of drug-likeness (QED) is 0.688. The normalized spacial score (nSPS) is 30.4. The van der Waals surface area contributed by atoms with Gasteiger partial charge in [0, 0.05) is 0 Å². The van der Waals surface area contributed by atoms with E-state index >= 15 is 0 Å². The highest BCUT2D eigenvalue weighted by Crippen LogP contribution is 2.54. The lowest BCUT2D eigenvalue weighted by atomic mass is 9.89. The molecule has 2 saturated carbocycles. The van der Waals surface area contributed by atoms with Crippen molar-refractivity contribution in [2.24, 2.45) is 17.8 Å². The van der Waals surface area contributed by atoms with Crippen molar-refractivity contribution in [2.45, 2.75) is 52.4 Å². The number of hydrogen-bond donors (Lipinski definition) is 1. The molecule has 0 aromatic heterocycles.